The predicted octanol–water partition coefficient (Wildman–Crippen LogP) is 0.640. The summed E-state index contributed by atoms with van der Waals surface area (Å²) in [6.45, 7) is 1.75. The van der Waals surface area contributed by atoms with Crippen LogP contribution in [0.1, 0.15) is 31.4 Å². The van der Waals surface area contributed by atoms with Gasteiger partial charge in [0, 0.05) is 20.0 Å². The van der Waals surface area contributed by atoms with Gasteiger partial charge in [0.2, 0.25) is 21.8 Å². The zero-order chi connectivity index (χ0) is 17.9. The molecule has 0 bridgehead atoms. The summed E-state index contributed by atoms with van der Waals surface area (Å²) in [5.74, 6) is -0.279. The van der Waals surface area contributed by atoms with Crippen LogP contribution in [0.3, 0.4) is 0 Å². The Labute approximate surface area is 142 Å². The topological polar surface area (TPSA) is 95.6 Å². The summed E-state index contributed by atoms with van der Waals surface area (Å²) < 4.78 is 25.2. The van der Waals surface area contributed by atoms with Crippen LogP contribution in [0.25, 0.3) is 0 Å². The van der Waals surface area contributed by atoms with Gasteiger partial charge in [0.1, 0.15) is 0 Å². The number of benzene rings is 1. The van der Waals surface area contributed by atoms with Crippen LogP contribution in [0.5, 0.6) is 0 Å². The normalized spacial score (nSPS) is 15.8. The minimum atomic E-state index is -3.46. The number of sulfonamides is 1. The summed E-state index contributed by atoms with van der Waals surface area (Å²) in [5, 5.41) is 5.39. The van der Waals surface area contributed by atoms with Crippen molar-refractivity contribution < 1.29 is 18.0 Å². The van der Waals surface area contributed by atoms with Gasteiger partial charge in [-0.1, -0.05) is 12.1 Å². The summed E-state index contributed by atoms with van der Waals surface area (Å²) in [6, 6.07) is 6.09. The highest BCUT2D eigenvalue weighted by atomic mass is 32.2. The third-order valence-electron chi connectivity index (χ3n) is 3.91. The molecule has 0 aliphatic heterocycles. The Morgan fingerprint density at radius 1 is 1.21 bits per heavy atom. The van der Waals surface area contributed by atoms with E-state index in [1.54, 1.807) is 19.1 Å². The molecule has 1 aromatic carbocycles. The molecule has 1 unspecified atom stereocenters. The molecule has 0 saturated heterocycles. The van der Waals surface area contributed by atoms with Gasteiger partial charge in [-0.3, -0.25) is 9.59 Å². The van der Waals surface area contributed by atoms with Gasteiger partial charge in [-0.05, 0) is 37.5 Å². The minimum absolute atomic E-state index is 0.0488. The zero-order valence-corrected chi connectivity index (χ0v) is 14.9. The molecule has 1 fully saturated rings. The maximum Gasteiger partial charge on any atom is 0.242 e. The minimum Gasteiger partial charge on any atom is -0.348 e. The first-order valence-corrected chi connectivity index (χ1v) is 9.25. The van der Waals surface area contributed by atoms with Gasteiger partial charge in [0.15, 0.2) is 0 Å². The summed E-state index contributed by atoms with van der Waals surface area (Å²) in [6.07, 6.45) is 1.79. The fourth-order valence-corrected chi connectivity index (χ4v) is 3.07. The summed E-state index contributed by atoms with van der Waals surface area (Å²) in [7, 11) is -0.516. The van der Waals surface area contributed by atoms with Crippen molar-refractivity contribution in [3.63, 3.8) is 0 Å². The second-order valence-electron chi connectivity index (χ2n) is 6.14. The molecule has 24 heavy (non-hydrogen) atoms. The van der Waals surface area contributed by atoms with Crippen molar-refractivity contribution in [3.05, 3.63) is 29.8 Å². The Kier molecular flexibility index (Phi) is 5.61. The predicted molar refractivity (Wildman–Crippen MR) is 89.6 cm³/mol. The summed E-state index contributed by atoms with van der Waals surface area (Å²) in [4.78, 5) is 23.6. The lowest BCUT2D eigenvalue weighted by molar-refractivity contribution is -0.127. The van der Waals surface area contributed by atoms with Crippen molar-refractivity contribution in [2.75, 3.05) is 20.6 Å². The maximum absolute atomic E-state index is 12.0. The summed E-state index contributed by atoms with van der Waals surface area (Å²) in [5.41, 5.74) is 0.787. The van der Waals surface area contributed by atoms with Crippen LogP contribution in [0.4, 0.5) is 0 Å². The molecule has 1 aliphatic rings. The average molecular weight is 353 g/mol. The van der Waals surface area contributed by atoms with Crippen molar-refractivity contribution in [2.24, 2.45) is 5.92 Å². The number of nitrogens with one attached hydrogen (secondary N) is 2. The van der Waals surface area contributed by atoms with E-state index in [2.05, 4.69) is 10.6 Å². The molecule has 2 rings (SSSR count). The average Bonchev–Trinajstić information content (AvgIpc) is 3.37. The molecule has 7 nitrogen and oxygen atoms in total. The standard InChI is InChI=1S/C16H23N3O4S/c1-11(18-15(20)10-17-16(21)13-4-5-13)12-6-8-14(9-7-12)24(22,23)19(2)3/h6-9,11,13H,4-5,10H2,1-3H3,(H,17,21)(H,18,20). The van der Waals surface area contributed by atoms with Crippen molar-refractivity contribution in [1.82, 2.24) is 14.9 Å². The lowest BCUT2D eigenvalue weighted by atomic mass is 10.1. The molecular weight excluding hydrogens is 330 g/mol. The molecule has 0 heterocycles. The third-order valence-corrected chi connectivity index (χ3v) is 5.74. The van der Waals surface area contributed by atoms with Gasteiger partial charge in [-0.25, -0.2) is 12.7 Å². The maximum atomic E-state index is 12.0. The Morgan fingerprint density at radius 3 is 2.29 bits per heavy atom. The van der Waals surface area contributed by atoms with E-state index in [0.717, 1.165) is 22.7 Å². The fraction of sp³-hybridized carbons (Fsp3) is 0.500. The van der Waals surface area contributed by atoms with Crippen molar-refractivity contribution in [2.45, 2.75) is 30.7 Å². The van der Waals surface area contributed by atoms with Gasteiger partial charge >= 0.3 is 0 Å². The number of nitrogens with zero attached hydrogens (tertiary/aromatic N) is 1. The number of amides is 2. The second-order valence-corrected chi connectivity index (χ2v) is 8.29. The SMILES string of the molecule is CC(NC(=O)CNC(=O)C1CC1)c1ccc(S(=O)(=O)N(C)C)cc1. The Hall–Kier alpha value is -1.93. The number of hydrogen-bond acceptors (Lipinski definition) is 4. The Bertz CT molecular complexity index is 709. The highest BCUT2D eigenvalue weighted by Gasteiger charge is 2.29. The first-order valence-electron chi connectivity index (χ1n) is 7.81. The van der Waals surface area contributed by atoms with Crippen molar-refractivity contribution in [1.29, 1.82) is 0 Å². The molecule has 0 spiro atoms. The molecule has 0 aromatic heterocycles. The van der Waals surface area contributed by atoms with Gasteiger partial charge in [0.25, 0.3) is 0 Å². The zero-order valence-electron chi connectivity index (χ0n) is 14.1. The number of hydrogen-bond donors (Lipinski definition) is 2. The molecule has 2 amide bonds. The second kappa shape index (κ2) is 7.31. The van der Waals surface area contributed by atoms with Crippen LogP contribution >= 0.6 is 0 Å². The first kappa shape index (κ1) is 18.4. The molecule has 1 aromatic rings. The highest BCUT2D eigenvalue weighted by molar-refractivity contribution is 7.89. The van der Waals surface area contributed by atoms with Crippen molar-refractivity contribution in [3.8, 4) is 0 Å². The lowest BCUT2D eigenvalue weighted by Crippen LogP contribution is -2.38. The number of rotatable bonds is 7. The fourth-order valence-electron chi connectivity index (χ4n) is 2.17. The smallest absolute Gasteiger partial charge is 0.242 e. The van der Waals surface area contributed by atoms with E-state index in [0.29, 0.717) is 0 Å². The molecule has 0 radical (unpaired) electrons. The molecule has 1 saturated carbocycles. The van der Waals surface area contributed by atoms with Crippen LogP contribution in [0.2, 0.25) is 0 Å². The lowest BCUT2D eigenvalue weighted by Gasteiger charge is -2.16. The van der Waals surface area contributed by atoms with E-state index in [9.17, 15) is 18.0 Å². The monoisotopic (exact) mass is 353 g/mol. The van der Waals surface area contributed by atoms with E-state index >= 15 is 0 Å². The highest BCUT2D eigenvalue weighted by Crippen LogP contribution is 2.28. The molecular formula is C16H23N3O4S. The molecule has 132 valence electrons. The van der Waals surface area contributed by atoms with Crippen LogP contribution in [-0.2, 0) is 19.6 Å². The first-order chi connectivity index (χ1) is 11.2. The van der Waals surface area contributed by atoms with Crippen LogP contribution < -0.4 is 10.6 Å². The van der Waals surface area contributed by atoms with E-state index in [-0.39, 0.29) is 35.2 Å². The quantitative estimate of drug-likeness (QED) is 0.752. The Morgan fingerprint density at radius 2 is 1.79 bits per heavy atom. The van der Waals surface area contributed by atoms with Gasteiger partial charge in [-0.15, -0.1) is 0 Å². The number of carbonyl (C=O) groups is 2. The molecule has 1 atom stereocenters. The van der Waals surface area contributed by atoms with E-state index < -0.39 is 10.0 Å². The van der Waals surface area contributed by atoms with E-state index in [1.807, 2.05) is 0 Å². The van der Waals surface area contributed by atoms with Crippen LogP contribution in [0.15, 0.2) is 29.2 Å². The van der Waals surface area contributed by atoms with Crippen LogP contribution in [0, 0.1) is 5.92 Å². The summed E-state index contributed by atoms with van der Waals surface area (Å²) >= 11 is 0. The van der Waals surface area contributed by atoms with Gasteiger partial charge < -0.3 is 10.6 Å². The third kappa shape index (κ3) is 4.55. The van der Waals surface area contributed by atoms with Gasteiger partial charge in [0.05, 0.1) is 17.5 Å². The molecule has 2 N–H and O–H groups in total. The van der Waals surface area contributed by atoms with Crippen LogP contribution in [-0.4, -0.2) is 45.2 Å². The molecule has 8 heteroatoms. The van der Waals surface area contributed by atoms with E-state index in [4.69, 9.17) is 0 Å². The largest absolute Gasteiger partial charge is 0.348 e. The van der Waals surface area contributed by atoms with Crippen molar-refractivity contribution >= 4 is 21.8 Å². The van der Waals surface area contributed by atoms with Gasteiger partial charge in [-0.2, -0.15) is 0 Å². The van der Waals surface area contributed by atoms with E-state index in [1.165, 1.54) is 26.2 Å². The Balaban J connectivity index is 1.91. The number of carbonyl (C=O) groups excluding carboxylic acids is 2. The molecule has 1 aliphatic carbocycles.